The van der Waals surface area contributed by atoms with Crippen molar-refractivity contribution in [3.8, 4) is 0 Å². The second-order valence-electron chi connectivity index (χ2n) is 11.9. The molecule has 3 aliphatic heterocycles. The van der Waals surface area contributed by atoms with Crippen molar-refractivity contribution in [2.75, 3.05) is 12.5 Å². The maximum Gasteiger partial charge on any atom is 0.490 e. The van der Waals surface area contributed by atoms with Crippen molar-refractivity contribution in [1.29, 1.82) is 0 Å². The van der Waals surface area contributed by atoms with Gasteiger partial charge in [-0.15, -0.1) is 0 Å². The summed E-state index contributed by atoms with van der Waals surface area (Å²) in [5, 5.41) is 0. The third kappa shape index (κ3) is 9.10. The summed E-state index contributed by atoms with van der Waals surface area (Å²) in [4.78, 5) is 36.4. The Morgan fingerprint density at radius 1 is 0.405 bits per heavy atom. The summed E-state index contributed by atoms with van der Waals surface area (Å²) in [5.41, 5.74) is 0. The van der Waals surface area contributed by atoms with Gasteiger partial charge in [0, 0.05) is 30.2 Å². The lowest BCUT2D eigenvalue weighted by atomic mass is 10.6. The molecule has 7 atom stereocenters. The van der Waals surface area contributed by atoms with E-state index in [1.54, 1.807) is 0 Å². The number of hydrogen-bond acceptors (Lipinski definition) is 12. The average molecular weight is 721 g/mol. The Labute approximate surface area is 260 Å². The SMILES string of the molecule is CCC[Si]1(O)CO[Si]2(CCC)O[Si](O)(CCC)O[Si]3(CCC)CO[Si](O)(CCC)O[Si](CCC)(O1)O[Si](CCC)(O3)O2. The van der Waals surface area contributed by atoms with Gasteiger partial charge in [-0.1, -0.05) is 93.4 Å². The third-order valence-electron chi connectivity index (χ3n) is 7.39. The summed E-state index contributed by atoms with van der Waals surface area (Å²) in [5.74, 6) is 0. The average Bonchev–Trinajstić information content (AvgIpc) is 2.92. The number of fused-ring (bicyclic) bond motifs is 3. The molecule has 7 unspecified atom stereocenters. The van der Waals surface area contributed by atoms with Crippen molar-refractivity contribution in [1.82, 2.24) is 0 Å². The van der Waals surface area contributed by atoms with E-state index >= 15 is 0 Å². The van der Waals surface area contributed by atoms with Crippen molar-refractivity contribution in [2.45, 2.75) is 136 Å². The largest absolute Gasteiger partial charge is 0.490 e. The third-order valence-corrected chi connectivity index (χ3v) is 36.7. The predicted molar refractivity (Wildman–Crippen MR) is 172 cm³/mol. The van der Waals surface area contributed by atoms with Crippen LogP contribution in [0.2, 0.25) is 42.3 Å². The first kappa shape index (κ1) is 37.5. The van der Waals surface area contributed by atoms with Gasteiger partial charge in [-0.25, -0.2) is 0 Å². The van der Waals surface area contributed by atoms with E-state index in [-0.39, 0.29) is 24.5 Å². The summed E-state index contributed by atoms with van der Waals surface area (Å²) in [7, 11) is -26.6. The summed E-state index contributed by atoms with van der Waals surface area (Å²) in [6.45, 7) is 14.0. The van der Waals surface area contributed by atoms with Crippen LogP contribution >= 0.6 is 0 Å². The lowest BCUT2D eigenvalue weighted by Gasteiger charge is -2.49. The Kier molecular flexibility index (Phi) is 13.7. The number of hydrogen-bond donors (Lipinski definition) is 3. The predicted octanol–water partition coefficient (Wildman–Crippen LogP) is 4.68. The Morgan fingerprint density at radius 3 is 1.45 bits per heavy atom. The van der Waals surface area contributed by atoms with Gasteiger partial charge in [0.25, 0.3) is 0 Å². The first-order chi connectivity index (χ1) is 19.8. The highest BCUT2D eigenvalue weighted by atomic mass is 28.6. The zero-order chi connectivity index (χ0) is 31.2. The Hall–Kier alpha value is 1.04. The zero-order valence-electron chi connectivity index (χ0n) is 26.8. The van der Waals surface area contributed by atoms with Crippen molar-refractivity contribution in [3.63, 3.8) is 0 Å². The fourth-order valence-electron chi connectivity index (χ4n) is 5.96. The second-order valence-corrected chi connectivity index (χ2v) is 32.9. The molecule has 0 spiro atoms. The molecule has 3 saturated heterocycles. The van der Waals surface area contributed by atoms with E-state index in [0.29, 0.717) is 75.2 Å². The highest BCUT2D eigenvalue weighted by Crippen LogP contribution is 2.44. The van der Waals surface area contributed by atoms with Gasteiger partial charge in [0.05, 0.1) is 12.5 Å². The molecule has 3 fully saturated rings. The van der Waals surface area contributed by atoms with Gasteiger partial charge in [-0.2, -0.15) is 0 Å². The summed E-state index contributed by atoms with van der Waals surface area (Å²) in [6.07, 6.45) is 4.36. The molecule has 0 aromatic rings. The van der Waals surface area contributed by atoms with Crippen LogP contribution in [0.4, 0.5) is 0 Å². The zero-order valence-corrected chi connectivity index (χ0v) is 33.8. The molecule has 42 heavy (non-hydrogen) atoms. The quantitative estimate of drug-likeness (QED) is 0.215. The number of rotatable bonds is 14. The Bertz CT molecular complexity index is 819. The molecule has 19 heteroatoms. The molecular weight excluding hydrogens is 665 g/mol. The smallest absolute Gasteiger partial charge is 0.410 e. The minimum absolute atomic E-state index is 0.0480. The van der Waals surface area contributed by atoms with Gasteiger partial charge in [-0.3, -0.25) is 0 Å². The van der Waals surface area contributed by atoms with E-state index in [1.807, 2.05) is 48.5 Å². The molecule has 4 bridgehead atoms. The summed E-state index contributed by atoms with van der Waals surface area (Å²) >= 11 is 0. The van der Waals surface area contributed by atoms with E-state index in [4.69, 9.17) is 37.7 Å². The fourth-order valence-corrected chi connectivity index (χ4v) is 41.3. The molecule has 3 N–H and O–H groups in total. The van der Waals surface area contributed by atoms with Crippen LogP contribution in [0.3, 0.4) is 0 Å². The van der Waals surface area contributed by atoms with Crippen LogP contribution in [0.15, 0.2) is 0 Å². The monoisotopic (exact) mass is 720 g/mol. The molecule has 3 heterocycles. The van der Waals surface area contributed by atoms with Gasteiger partial charge in [0.15, 0.2) is 0 Å². The van der Waals surface area contributed by atoms with Crippen molar-refractivity contribution in [2.24, 2.45) is 0 Å². The van der Waals surface area contributed by atoms with Crippen LogP contribution in [0.25, 0.3) is 0 Å². The van der Waals surface area contributed by atoms with Crippen LogP contribution in [0.5, 0.6) is 0 Å². The van der Waals surface area contributed by atoms with Gasteiger partial charge in [0.1, 0.15) is 0 Å². The molecule has 3 aliphatic rings. The van der Waals surface area contributed by atoms with Crippen molar-refractivity contribution < 1.29 is 52.0 Å². The maximum absolute atomic E-state index is 12.2. The fraction of sp³-hybridized carbons (Fsp3) is 1.00. The minimum atomic E-state index is -3.96. The lowest BCUT2D eigenvalue weighted by molar-refractivity contribution is 0.0712. The molecule has 0 aromatic carbocycles. The van der Waals surface area contributed by atoms with Gasteiger partial charge < -0.3 is 52.0 Å². The molecule has 0 aromatic heterocycles. The van der Waals surface area contributed by atoms with Crippen LogP contribution < -0.4 is 0 Å². The van der Waals surface area contributed by atoms with Gasteiger partial charge in [-0.05, 0) is 12.1 Å². The molecule has 248 valence electrons. The van der Waals surface area contributed by atoms with Crippen LogP contribution in [-0.4, -0.2) is 88.0 Å². The first-order valence-electron chi connectivity index (χ1n) is 16.1. The highest BCUT2D eigenvalue weighted by molar-refractivity contribution is 6.95. The molecule has 12 nitrogen and oxygen atoms in total. The molecule has 0 amide bonds. The molecular formula is C23H56O12Si7. The molecule has 3 rings (SSSR count). The van der Waals surface area contributed by atoms with E-state index in [0.717, 1.165) is 0 Å². The topological polar surface area (TPSA) is 144 Å². The van der Waals surface area contributed by atoms with Crippen molar-refractivity contribution >= 4 is 61.1 Å². The van der Waals surface area contributed by atoms with Gasteiger partial charge >= 0.3 is 61.1 Å². The summed E-state index contributed by atoms with van der Waals surface area (Å²) < 4.78 is 61.6. The lowest BCUT2D eigenvalue weighted by Crippen LogP contribution is -2.74. The molecule has 0 saturated carbocycles. The second kappa shape index (κ2) is 15.3. The Balaban J connectivity index is 2.40. The van der Waals surface area contributed by atoms with E-state index in [1.165, 1.54) is 0 Å². The highest BCUT2D eigenvalue weighted by Gasteiger charge is 2.71. The van der Waals surface area contributed by atoms with E-state index < -0.39 is 61.1 Å². The normalized spacial score (nSPS) is 43.0. The minimum Gasteiger partial charge on any atom is -0.410 e. The Morgan fingerprint density at radius 2 is 0.881 bits per heavy atom. The maximum atomic E-state index is 12.2. The standard InChI is InChI=1S/C23H56O12Si7/c1-8-15-36(24)22-28-40(19-12-5)33-39(26,18-11-4)30-37(16-9-2)23-27-38(25,17-10-3)32-41(29-36,20-13-6)35-42(31-37,34-40)21-14-7/h24-26H,8-23H2,1-7H3. The van der Waals surface area contributed by atoms with Crippen LogP contribution in [0, 0.1) is 0 Å². The molecule has 0 aliphatic carbocycles. The molecule has 0 radical (unpaired) electrons. The van der Waals surface area contributed by atoms with Crippen molar-refractivity contribution in [3.05, 3.63) is 0 Å². The summed E-state index contributed by atoms with van der Waals surface area (Å²) in [6, 6.07) is 2.59. The van der Waals surface area contributed by atoms with E-state index in [2.05, 4.69) is 0 Å². The van der Waals surface area contributed by atoms with Crippen LogP contribution in [0.1, 0.15) is 93.4 Å². The van der Waals surface area contributed by atoms with Crippen LogP contribution in [-0.2, 0) is 37.7 Å². The first-order valence-corrected chi connectivity index (χ1v) is 30.4. The van der Waals surface area contributed by atoms with E-state index in [9.17, 15) is 14.4 Å². The van der Waals surface area contributed by atoms with Gasteiger partial charge in [0.2, 0.25) is 0 Å².